The molecule has 0 bridgehead atoms. The van der Waals surface area contributed by atoms with E-state index in [1.165, 1.54) is 0 Å². The Hall–Kier alpha value is -1.06. The molecule has 1 heterocycles. The molecule has 17 heavy (non-hydrogen) atoms. The predicted octanol–water partition coefficient (Wildman–Crippen LogP) is 4.32. The van der Waals surface area contributed by atoms with Crippen molar-refractivity contribution in [1.29, 1.82) is 0 Å². The Morgan fingerprint density at radius 1 is 1.29 bits per heavy atom. The number of hydrogen-bond donors (Lipinski definition) is 0. The number of hydrogen-bond acceptors (Lipinski definition) is 1. The maximum Gasteiger partial charge on any atom is 0.151 e. The van der Waals surface area contributed by atoms with Gasteiger partial charge in [0.25, 0.3) is 0 Å². The van der Waals surface area contributed by atoms with Crippen molar-refractivity contribution < 1.29 is 4.79 Å². The second-order valence-electron chi connectivity index (χ2n) is 3.88. The zero-order chi connectivity index (χ0) is 12.6. The first-order valence-corrected chi connectivity index (χ1v) is 6.31. The Balaban J connectivity index is 2.63. The van der Waals surface area contributed by atoms with Gasteiger partial charge in [-0.05, 0) is 54.0 Å². The van der Waals surface area contributed by atoms with Crippen LogP contribution in [-0.4, -0.2) is 10.9 Å². The van der Waals surface area contributed by atoms with Crippen molar-refractivity contribution in [3.8, 4) is 5.69 Å². The summed E-state index contributed by atoms with van der Waals surface area (Å²) in [6.45, 7) is 3.89. The molecule has 88 valence electrons. The standard InChI is InChI=1S/C13H11BrClNO/c1-8-5-10(7-17)9(2)16(8)11-3-4-12(14)13(15)6-11/h3-7H,1-2H3. The van der Waals surface area contributed by atoms with E-state index in [4.69, 9.17) is 11.6 Å². The Labute approximate surface area is 113 Å². The molecular formula is C13H11BrClNO. The number of aryl methyl sites for hydroxylation is 1. The van der Waals surface area contributed by atoms with Gasteiger partial charge in [0.1, 0.15) is 0 Å². The fourth-order valence-corrected chi connectivity index (χ4v) is 2.35. The van der Waals surface area contributed by atoms with Gasteiger partial charge in [-0.3, -0.25) is 4.79 Å². The second kappa shape index (κ2) is 4.67. The Bertz CT molecular complexity index is 589. The van der Waals surface area contributed by atoms with Gasteiger partial charge >= 0.3 is 0 Å². The molecule has 0 radical (unpaired) electrons. The summed E-state index contributed by atoms with van der Waals surface area (Å²) in [6.07, 6.45) is 0.874. The van der Waals surface area contributed by atoms with Gasteiger partial charge in [-0.15, -0.1) is 0 Å². The highest BCUT2D eigenvalue weighted by molar-refractivity contribution is 9.10. The van der Waals surface area contributed by atoms with E-state index in [1.54, 1.807) is 0 Å². The summed E-state index contributed by atoms with van der Waals surface area (Å²) >= 11 is 9.44. The van der Waals surface area contributed by atoms with Gasteiger partial charge in [-0.1, -0.05) is 11.6 Å². The molecule has 0 saturated heterocycles. The number of halogens is 2. The lowest BCUT2D eigenvalue weighted by molar-refractivity contribution is 0.112. The minimum Gasteiger partial charge on any atom is -0.318 e. The van der Waals surface area contributed by atoms with Gasteiger partial charge < -0.3 is 4.57 Å². The minimum absolute atomic E-state index is 0.655. The van der Waals surface area contributed by atoms with Crippen LogP contribution in [0.25, 0.3) is 5.69 Å². The number of nitrogens with zero attached hydrogens (tertiary/aromatic N) is 1. The van der Waals surface area contributed by atoms with Crippen LogP contribution in [0.1, 0.15) is 21.7 Å². The largest absolute Gasteiger partial charge is 0.318 e. The summed E-state index contributed by atoms with van der Waals surface area (Å²) in [5, 5.41) is 0.655. The van der Waals surface area contributed by atoms with Gasteiger partial charge in [-0.2, -0.15) is 0 Å². The van der Waals surface area contributed by atoms with Crippen molar-refractivity contribution in [2.24, 2.45) is 0 Å². The predicted molar refractivity (Wildman–Crippen MR) is 73.3 cm³/mol. The van der Waals surface area contributed by atoms with Crippen molar-refractivity contribution in [3.05, 3.63) is 50.7 Å². The summed E-state index contributed by atoms with van der Waals surface area (Å²) in [5.41, 5.74) is 3.61. The van der Waals surface area contributed by atoms with Gasteiger partial charge in [0.15, 0.2) is 6.29 Å². The maximum absolute atomic E-state index is 10.9. The molecule has 0 unspecified atom stereocenters. The van der Waals surface area contributed by atoms with Crippen LogP contribution in [0, 0.1) is 13.8 Å². The number of carbonyl (C=O) groups is 1. The third kappa shape index (κ3) is 2.17. The lowest BCUT2D eigenvalue weighted by atomic mass is 10.2. The highest BCUT2D eigenvalue weighted by Gasteiger charge is 2.10. The highest BCUT2D eigenvalue weighted by atomic mass is 79.9. The van der Waals surface area contributed by atoms with Crippen LogP contribution in [0.5, 0.6) is 0 Å². The molecule has 0 amide bonds. The molecule has 2 nitrogen and oxygen atoms in total. The summed E-state index contributed by atoms with van der Waals surface area (Å²) in [7, 11) is 0. The lowest BCUT2D eigenvalue weighted by Gasteiger charge is -2.10. The van der Waals surface area contributed by atoms with E-state index in [0.29, 0.717) is 10.6 Å². The quantitative estimate of drug-likeness (QED) is 0.757. The van der Waals surface area contributed by atoms with Crippen LogP contribution in [0.4, 0.5) is 0 Å². The van der Waals surface area contributed by atoms with Gasteiger partial charge in [0.2, 0.25) is 0 Å². The molecule has 0 spiro atoms. The van der Waals surface area contributed by atoms with Crippen molar-refractivity contribution in [2.45, 2.75) is 13.8 Å². The molecular weight excluding hydrogens is 302 g/mol. The Morgan fingerprint density at radius 3 is 2.53 bits per heavy atom. The highest BCUT2D eigenvalue weighted by Crippen LogP contribution is 2.27. The molecule has 4 heteroatoms. The Morgan fingerprint density at radius 2 is 2.00 bits per heavy atom. The monoisotopic (exact) mass is 311 g/mol. The fourth-order valence-electron chi connectivity index (χ4n) is 1.93. The third-order valence-electron chi connectivity index (χ3n) is 2.76. The summed E-state index contributed by atoms with van der Waals surface area (Å²) in [4.78, 5) is 10.9. The molecule has 0 fully saturated rings. The van der Waals surface area contributed by atoms with Gasteiger partial charge in [0, 0.05) is 27.1 Å². The fraction of sp³-hybridized carbons (Fsp3) is 0.154. The van der Waals surface area contributed by atoms with E-state index in [1.807, 2.05) is 42.7 Å². The van der Waals surface area contributed by atoms with E-state index >= 15 is 0 Å². The molecule has 0 aliphatic carbocycles. The number of aldehydes is 1. The molecule has 2 aromatic rings. The van der Waals surface area contributed by atoms with Crippen LogP contribution in [0.3, 0.4) is 0 Å². The van der Waals surface area contributed by atoms with Crippen LogP contribution in [0.2, 0.25) is 5.02 Å². The maximum atomic E-state index is 10.9. The number of carbonyl (C=O) groups excluding carboxylic acids is 1. The molecule has 1 aromatic carbocycles. The summed E-state index contributed by atoms with van der Waals surface area (Å²) in [6, 6.07) is 7.61. The molecule has 1 aromatic heterocycles. The van der Waals surface area contributed by atoms with Crippen molar-refractivity contribution in [1.82, 2.24) is 4.57 Å². The number of aromatic nitrogens is 1. The third-order valence-corrected chi connectivity index (χ3v) is 3.99. The van der Waals surface area contributed by atoms with Crippen LogP contribution < -0.4 is 0 Å². The van der Waals surface area contributed by atoms with Gasteiger partial charge in [0.05, 0.1) is 5.02 Å². The summed E-state index contributed by atoms with van der Waals surface area (Å²) in [5.74, 6) is 0. The van der Waals surface area contributed by atoms with Gasteiger partial charge in [-0.25, -0.2) is 0 Å². The average Bonchev–Trinajstić information content (AvgIpc) is 2.58. The minimum atomic E-state index is 0.655. The first kappa shape index (κ1) is 12.4. The normalized spacial score (nSPS) is 10.6. The summed E-state index contributed by atoms with van der Waals surface area (Å²) < 4.78 is 2.88. The van der Waals surface area contributed by atoms with E-state index in [9.17, 15) is 4.79 Å². The number of rotatable bonds is 2. The zero-order valence-electron chi connectivity index (χ0n) is 9.50. The van der Waals surface area contributed by atoms with Crippen LogP contribution in [-0.2, 0) is 0 Å². The zero-order valence-corrected chi connectivity index (χ0v) is 11.8. The smallest absolute Gasteiger partial charge is 0.151 e. The van der Waals surface area contributed by atoms with Crippen LogP contribution in [0.15, 0.2) is 28.7 Å². The van der Waals surface area contributed by atoms with Crippen LogP contribution >= 0.6 is 27.5 Å². The van der Waals surface area contributed by atoms with E-state index in [0.717, 1.165) is 27.8 Å². The van der Waals surface area contributed by atoms with Crippen molar-refractivity contribution >= 4 is 33.8 Å². The molecule has 0 atom stereocenters. The van der Waals surface area contributed by atoms with Crippen molar-refractivity contribution in [2.75, 3.05) is 0 Å². The topological polar surface area (TPSA) is 22.0 Å². The SMILES string of the molecule is Cc1cc(C=O)c(C)n1-c1ccc(Br)c(Cl)c1. The molecule has 0 aliphatic heterocycles. The molecule has 0 saturated carbocycles. The first-order chi connectivity index (χ1) is 8.04. The second-order valence-corrected chi connectivity index (χ2v) is 5.14. The average molecular weight is 313 g/mol. The molecule has 2 rings (SSSR count). The van der Waals surface area contributed by atoms with E-state index < -0.39 is 0 Å². The first-order valence-electron chi connectivity index (χ1n) is 5.14. The Kier molecular flexibility index (Phi) is 3.40. The number of benzene rings is 1. The lowest BCUT2D eigenvalue weighted by Crippen LogP contribution is -1.99. The van der Waals surface area contributed by atoms with E-state index in [2.05, 4.69) is 15.9 Å². The molecule has 0 N–H and O–H groups in total. The van der Waals surface area contributed by atoms with E-state index in [-0.39, 0.29) is 0 Å². The molecule has 0 aliphatic rings. The van der Waals surface area contributed by atoms with Crippen molar-refractivity contribution in [3.63, 3.8) is 0 Å².